The molecule has 0 aromatic heterocycles. The van der Waals surface area contributed by atoms with Crippen molar-refractivity contribution in [3.8, 4) is 0 Å². The fraction of sp³-hybridized carbons (Fsp3) is 1.00. The highest BCUT2D eigenvalue weighted by molar-refractivity contribution is 7.62. The first kappa shape index (κ1) is 15.2. The molecule has 0 atom stereocenters. The maximum absolute atomic E-state index is 11.4. The van der Waals surface area contributed by atoms with Crippen molar-refractivity contribution in [1.29, 1.82) is 0 Å². The second kappa shape index (κ2) is 9.46. The normalized spacial score (nSPS) is 11.9. The van der Waals surface area contributed by atoms with Crippen molar-refractivity contribution < 1.29 is 4.57 Å². The lowest BCUT2D eigenvalue weighted by Crippen LogP contribution is -1.87. The summed E-state index contributed by atoms with van der Waals surface area (Å²) in [5.74, 6) is 0. The summed E-state index contributed by atoms with van der Waals surface area (Å²) in [7, 11) is -1.74. The first-order valence-electron chi connectivity index (χ1n) is 6.60. The van der Waals surface area contributed by atoms with E-state index < -0.39 is 7.14 Å². The Balaban J connectivity index is 3.02. The van der Waals surface area contributed by atoms with Gasteiger partial charge in [-0.15, -0.1) is 0 Å². The van der Waals surface area contributed by atoms with E-state index in [1.54, 1.807) is 0 Å². The largest absolute Gasteiger partial charge is 0.324 e. The summed E-state index contributed by atoms with van der Waals surface area (Å²) in [6.45, 7) is 6.06. The highest BCUT2D eigenvalue weighted by atomic mass is 31.2. The van der Waals surface area contributed by atoms with Crippen LogP contribution in [0.4, 0.5) is 0 Å². The van der Waals surface area contributed by atoms with Gasteiger partial charge in [-0.2, -0.15) is 0 Å². The van der Waals surface area contributed by atoms with Gasteiger partial charge in [0, 0.05) is 6.16 Å². The minimum absolute atomic E-state index is 0.947. The van der Waals surface area contributed by atoms with Gasteiger partial charge in [0.1, 0.15) is 0 Å². The quantitative estimate of drug-likeness (QED) is 0.376. The summed E-state index contributed by atoms with van der Waals surface area (Å²) in [4.78, 5) is 0. The molecule has 0 aliphatic carbocycles. The molecule has 0 fully saturated rings. The second-order valence-electron chi connectivity index (χ2n) is 5.13. The fourth-order valence-electron chi connectivity index (χ4n) is 1.80. The van der Waals surface area contributed by atoms with Gasteiger partial charge in [0.2, 0.25) is 0 Å². The summed E-state index contributed by atoms with van der Waals surface area (Å²) in [6.07, 6.45) is 13.1. The van der Waals surface area contributed by atoms with Gasteiger partial charge >= 0.3 is 0 Å². The van der Waals surface area contributed by atoms with Crippen LogP contribution in [-0.4, -0.2) is 19.5 Å². The van der Waals surface area contributed by atoms with Crippen molar-refractivity contribution in [3.63, 3.8) is 0 Å². The van der Waals surface area contributed by atoms with Gasteiger partial charge in [0.25, 0.3) is 0 Å². The van der Waals surface area contributed by atoms with Crippen LogP contribution in [0.15, 0.2) is 0 Å². The average molecular weight is 232 g/mol. The average Bonchev–Trinajstić information content (AvgIpc) is 2.14. The molecule has 0 spiro atoms. The van der Waals surface area contributed by atoms with Crippen LogP contribution in [0.25, 0.3) is 0 Å². The third-order valence-corrected chi connectivity index (χ3v) is 4.19. The molecular weight excluding hydrogens is 203 g/mol. The molecule has 0 saturated heterocycles. The van der Waals surface area contributed by atoms with E-state index in [0.29, 0.717) is 0 Å². The van der Waals surface area contributed by atoms with Crippen LogP contribution in [0.5, 0.6) is 0 Å². The van der Waals surface area contributed by atoms with Gasteiger partial charge in [-0.05, 0) is 19.8 Å². The molecule has 0 aliphatic heterocycles. The molecule has 0 amide bonds. The lowest BCUT2D eigenvalue weighted by Gasteiger charge is -2.05. The first-order chi connectivity index (χ1) is 7.06. The van der Waals surface area contributed by atoms with Crippen LogP contribution in [0.1, 0.15) is 64.7 Å². The van der Waals surface area contributed by atoms with Gasteiger partial charge in [-0.3, -0.25) is 0 Å². The molecule has 0 radical (unpaired) electrons. The molecule has 92 valence electrons. The van der Waals surface area contributed by atoms with Crippen LogP contribution in [0.3, 0.4) is 0 Å². The Morgan fingerprint density at radius 1 is 0.733 bits per heavy atom. The van der Waals surface area contributed by atoms with E-state index in [1.165, 1.54) is 57.8 Å². The molecular formula is C13H29OP. The molecule has 0 heterocycles. The van der Waals surface area contributed by atoms with E-state index in [0.717, 1.165) is 6.16 Å². The van der Waals surface area contributed by atoms with Crippen LogP contribution < -0.4 is 0 Å². The lowest BCUT2D eigenvalue weighted by molar-refractivity contribution is 0.564. The fourth-order valence-corrected chi connectivity index (χ4v) is 2.79. The standard InChI is InChI=1S/C13H29OP/c1-4-5-6-7-8-9-10-11-12-13-15(2,3)14/h4-13H2,1-3H3. The molecule has 15 heavy (non-hydrogen) atoms. The molecule has 0 rings (SSSR count). The Morgan fingerprint density at radius 3 is 1.53 bits per heavy atom. The summed E-state index contributed by atoms with van der Waals surface area (Å²) in [5.41, 5.74) is 0. The molecule has 0 aromatic rings. The summed E-state index contributed by atoms with van der Waals surface area (Å²) in [6, 6.07) is 0. The molecule has 0 unspecified atom stereocenters. The van der Waals surface area contributed by atoms with E-state index in [1.807, 2.05) is 13.3 Å². The highest BCUT2D eigenvalue weighted by Crippen LogP contribution is 2.36. The van der Waals surface area contributed by atoms with Gasteiger partial charge < -0.3 is 4.57 Å². The van der Waals surface area contributed by atoms with E-state index in [9.17, 15) is 4.57 Å². The zero-order valence-corrected chi connectivity index (χ0v) is 11.8. The van der Waals surface area contributed by atoms with Crippen LogP contribution in [0, 0.1) is 0 Å². The minimum Gasteiger partial charge on any atom is -0.324 e. The molecule has 0 N–H and O–H groups in total. The summed E-state index contributed by atoms with van der Waals surface area (Å²) >= 11 is 0. The predicted molar refractivity (Wildman–Crippen MR) is 71.5 cm³/mol. The molecule has 1 nitrogen and oxygen atoms in total. The summed E-state index contributed by atoms with van der Waals surface area (Å²) in [5, 5.41) is 0. The third kappa shape index (κ3) is 14.2. The van der Waals surface area contributed by atoms with Gasteiger partial charge in [-0.25, -0.2) is 0 Å². The Bertz CT molecular complexity index is 171. The number of rotatable bonds is 10. The zero-order chi connectivity index (χ0) is 11.6. The number of hydrogen-bond acceptors (Lipinski definition) is 1. The molecule has 0 saturated carbocycles. The molecule has 0 bridgehead atoms. The Kier molecular flexibility index (Phi) is 9.60. The van der Waals surface area contributed by atoms with Crippen molar-refractivity contribution >= 4 is 7.14 Å². The van der Waals surface area contributed by atoms with Crippen molar-refractivity contribution in [2.45, 2.75) is 64.7 Å². The third-order valence-electron chi connectivity index (χ3n) is 2.80. The SMILES string of the molecule is CCCCCCCCCCCP(C)(C)=O. The Morgan fingerprint density at radius 2 is 1.13 bits per heavy atom. The van der Waals surface area contributed by atoms with Gasteiger partial charge in [0.05, 0.1) is 7.14 Å². The minimum atomic E-state index is -1.74. The van der Waals surface area contributed by atoms with Crippen LogP contribution in [-0.2, 0) is 4.57 Å². The van der Waals surface area contributed by atoms with Crippen molar-refractivity contribution in [3.05, 3.63) is 0 Å². The van der Waals surface area contributed by atoms with Gasteiger partial charge in [0.15, 0.2) is 0 Å². The van der Waals surface area contributed by atoms with E-state index in [-0.39, 0.29) is 0 Å². The van der Waals surface area contributed by atoms with Gasteiger partial charge in [-0.1, -0.05) is 58.3 Å². The zero-order valence-electron chi connectivity index (χ0n) is 10.9. The van der Waals surface area contributed by atoms with Crippen LogP contribution >= 0.6 is 7.14 Å². The maximum atomic E-state index is 11.4. The first-order valence-corrected chi connectivity index (χ1v) is 9.39. The smallest absolute Gasteiger partial charge is 0.0819 e. The van der Waals surface area contributed by atoms with E-state index >= 15 is 0 Å². The monoisotopic (exact) mass is 232 g/mol. The summed E-state index contributed by atoms with van der Waals surface area (Å²) < 4.78 is 11.4. The van der Waals surface area contributed by atoms with Crippen LogP contribution in [0.2, 0.25) is 0 Å². The van der Waals surface area contributed by atoms with Crippen molar-refractivity contribution in [1.82, 2.24) is 0 Å². The Labute approximate surface area is 96.4 Å². The van der Waals surface area contributed by atoms with Crippen molar-refractivity contribution in [2.24, 2.45) is 0 Å². The molecule has 0 aliphatic rings. The molecule has 0 aromatic carbocycles. The van der Waals surface area contributed by atoms with Crippen molar-refractivity contribution in [2.75, 3.05) is 19.5 Å². The topological polar surface area (TPSA) is 17.1 Å². The Hall–Kier alpha value is 0.230. The molecule has 2 heteroatoms. The predicted octanol–water partition coefficient (Wildman–Crippen LogP) is 5.14. The van der Waals surface area contributed by atoms with E-state index in [2.05, 4.69) is 6.92 Å². The highest BCUT2D eigenvalue weighted by Gasteiger charge is 2.05. The number of hydrogen-bond donors (Lipinski definition) is 0. The lowest BCUT2D eigenvalue weighted by atomic mass is 10.1. The van der Waals surface area contributed by atoms with E-state index in [4.69, 9.17) is 0 Å². The maximum Gasteiger partial charge on any atom is 0.0819 e. The second-order valence-corrected chi connectivity index (χ2v) is 8.72. The number of unbranched alkanes of at least 4 members (excludes halogenated alkanes) is 8.